The van der Waals surface area contributed by atoms with Crippen LogP contribution in [0.1, 0.15) is 5.56 Å². The Morgan fingerprint density at radius 2 is 2.00 bits per heavy atom. The SMILES string of the molecule is FC1(c2cccc3cccnc23)CNC1. The Morgan fingerprint density at radius 1 is 1.20 bits per heavy atom. The zero-order valence-corrected chi connectivity index (χ0v) is 8.20. The summed E-state index contributed by atoms with van der Waals surface area (Å²) < 4.78 is 14.3. The lowest BCUT2D eigenvalue weighted by Crippen LogP contribution is -2.53. The van der Waals surface area contributed by atoms with Gasteiger partial charge in [0.1, 0.15) is 0 Å². The van der Waals surface area contributed by atoms with Crippen LogP contribution in [-0.4, -0.2) is 18.1 Å². The highest BCUT2D eigenvalue weighted by molar-refractivity contribution is 5.82. The Kier molecular flexibility index (Phi) is 1.76. The van der Waals surface area contributed by atoms with Crippen LogP contribution >= 0.6 is 0 Å². The van der Waals surface area contributed by atoms with Crippen molar-refractivity contribution in [2.75, 3.05) is 13.1 Å². The number of aromatic nitrogens is 1. The summed E-state index contributed by atoms with van der Waals surface area (Å²) in [7, 11) is 0. The molecule has 0 unspecified atom stereocenters. The summed E-state index contributed by atoms with van der Waals surface area (Å²) in [5.41, 5.74) is 0.261. The second-order valence-corrected chi connectivity index (χ2v) is 3.95. The van der Waals surface area contributed by atoms with E-state index in [-0.39, 0.29) is 0 Å². The maximum absolute atomic E-state index is 14.3. The van der Waals surface area contributed by atoms with Gasteiger partial charge in [0.05, 0.1) is 5.52 Å². The largest absolute Gasteiger partial charge is 0.310 e. The number of fused-ring (bicyclic) bond motifs is 1. The summed E-state index contributed by atoms with van der Waals surface area (Å²) in [5.74, 6) is 0. The van der Waals surface area contributed by atoms with Crippen molar-refractivity contribution in [1.29, 1.82) is 0 Å². The predicted molar refractivity (Wildman–Crippen MR) is 57.4 cm³/mol. The van der Waals surface area contributed by atoms with E-state index in [2.05, 4.69) is 10.3 Å². The number of nitrogens with zero attached hydrogens (tertiary/aromatic N) is 1. The first-order chi connectivity index (χ1) is 7.30. The van der Waals surface area contributed by atoms with Crippen LogP contribution in [0.5, 0.6) is 0 Å². The molecule has 15 heavy (non-hydrogen) atoms. The molecule has 2 nitrogen and oxygen atoms in total. The standard InChI is InChI=1S/C12H11FN2/c13-12(7-14-8-12)10-5-1-3-9-4-2-6-15-11(9)10/h1-6,14H,7-8H2. The average molecular weight is 202 g/mol. The molecule has 1 fully saturated rings. The second-order valence-electron chi connectivity index (χ2n) is 3.95. The molecule has 0 spiro atoms. The van der Waals surface area contributed by atoms with Crippen molar-refractivity contribution in [2.45, 2.75) is 5.67 Å². The molecule has 3 rings (SSSR count). The normalized spacial score (nSPS) is 18.7. The topological polar surface area (TPSA) is 24.9 Å². The molecule has 0 atom stereocenters. The Labute approximate surface area is 87.1 Å². The van der Waals surface area contributed by atoms with Gasteiger partial charge in [-0.2, -0.15) is 0 Å². The molecule has 0 saturated carbocycles. The molecule has 1 aromatic heterocycles. The van der Waals surface area contributed by atoms with Crippen molar-refractivity contribution in [3.8, 4) is 0 Å². The number of para-hydroxylation sites is 1. The van der Waals surface area contributed by atoms with Crippen molar-refractivity contribution in [3.05, 3.63) is 42.1 Å². The van der Waals surface area contributed by atoms with Crippen molar-refractivity contribution in [2.24, 2.45) is 0 Å². The fraction of sp³-hybridized carbons (Fsp3) is 0.250. The van der Waals surface area contributed by atoms with Gasteiger partial charge in [0, 0.05) is 30.2 Å². The van der Waals surface area contributed by atoms with Crippen molar-refractivity contribution < 1.29 is 4.39 Å². The smallest absolute Gasteiger partial charge is 0.162 e. The number of hydrogen-bond acceptors (Lipinski definition) is 2. The second kappa shape index (κ2) is 3.00. The number of benzene rings is 1. The maximum atomic E-state index is 14.3. The quantitative estimate of drug-likeness (QED) is 0.765. The summed E-state index contributed by atoms with van der Waals surface area (Å²) in [5, 5.41) is 3.96. The van der Waals surface area contributed by atoms with Gasteiger partial charge in [0.25, 0.3) is 0 Å². The van der Waals surface area contributed by atoms with Gasteiger partial charge in [-0.25, -0.2) is 4.39 Å². The molecule has 1 aliphatic heterocycles. The monoisotopic (exact) mass is 202 g/mol. The fourth-order valence-electron chi connectivity index (χ4n) is 2.00. The molecule has 2 aromatic rings. The Hall–Kier alpha value is -1.48. The molecule has 0 bridgehead atoms. The molecule has 76 valence electrons. The van der Waals surface area contributed by atoms with Crippen LogP contribution in [0.15, 0.2) is 36.5 Å². The molecular formula is C12H11FN2. The van der Waals surface area contributed by atoms with Gasteiger partial charge in [0.2, 0.25) is 0 Å². The molecule has 1 aliphatic rings. The van der Waals surface area contributed by atoms with E-state index in [0.29, 0.717) is 18.7 Å². The molecule has 0 aliphatic carbocycles. The molecule has 3 heteroatoms. The number of rotatable bonds is 1. The molecular weight excluding hydrogens is 191 g/mol. The third kappa shape index (κ3) is 1.23. The van der Waals surface area contributed by atoms with Crippen molar-refractivity contribution in [3.63, 3.8) is 0 Å². The van der Waals surface area contributed by atoms with Gasteiger partial charge in [0.15, 0.2) is 5.67 Å². The van der Waals surface area contributed by atoms with E-state index >= 15 is 0 Å². The van der Waals surface area contributed by atoms with E-state index in [4.69, 9.17) is 0 Å². The number of halogens is 1. The van der Waals surface area contributed by atoms with E-state index in [0.717, 1.165) is 10.9 Å². The number of hydrogen-bond donors (Lipinski definition) is 1. The summed E-state index contributed by atoms with van der Waals surface area (Å²) >= 11 is 0. The molecule has 2 heterocycles. The lowest BCUT2D eigenvalue weighted by molar-refractivity contribution is 0.0906. The molecule has 1 N–H and O–H groups in total. The van der Waals surface area contributed by atoms with E-state index in [1.165, 1.54) is 0 Å². The van der Waals surface area contributed by atoms with Crippen molar-refractivity contribution >= 4 is 10.9 Å². The van der Waals surface area contributed by atoms with Gasteiger partial charge < -0.3 is 5.32 Å². The Morgan fingerprint density at radius 3 is 2.73 bits per heavy atom. The first-order valence-corrected chi connectivity index (χ1v) is 5.03. The minimum Gasteiger partial charge on any atom is -0.310 e. The van der Waals surface area contributed by atoms with Gasteiger partial charge >= 0.3 is 0 Å². The number of nitrogens with one attached hydrogen (secondary N) is 1. The van der Waals surface area contributed by atoms with Crippen LogP contribution in [0.2, 0.25) is 0 Å². The predicted octanol–water partition coefficient (Wildman–Crippen LogP) is 2.00. The van der Waals surface area contributed by atoms with Gasteiger partial charge in [-0.3, -0.25) is 4.98 Å². The highest BCUT2D eigenvalue weighted by atomic mass is 19.1. The van der Waals surface area contributed by atoms with E-state index in [1.807, 2.05) is 30.3 Å². The van der Waals surface area contributed by atoms with Crippen LogP contribution in [0.3, 0.4) is 0 Å². The molecule has 1 aromatic carbocycles. The number of pyridine rings is 1. The zero-order chi connectivity index (χ0) is 10.3. The Balaban J connectivity index is 2.26. The summed E-state index contributed by atoms with van der Waals surface area (Å²) in [6.45, 7) is 0.783. The van der Waals surface area contributed by atoms with Gasteiger partial charge in [-0.05, 0) is 6.07 Å². The third-order valence-electron chi connectivity index (χ3n) is 2.93. The molecule has 1 saturated heterocycles. The fourth-order valence-corrected chi connectivity index (χ4v) is 2.00. The summed E-state index contributed by atoms with van der Waals surface area (Å²) in [6.07, 6.45) is 1.71. The minimum atomic E-state index is -1.23. The van der Waals surface area contributed by atoms with Crippen LogP contribution in [0, 0.1) is 0 Å². The van der Waals surface area contributed by atoms with E-state index in [9.17, 15) is 4.39 Å². The summed E-state index contributed by atoms with van der Waals surface area (Å²) in [6, 6.07) is 9.51. The number of alkyl halides is 1. The Bertz CT molecular complexity index is 500. The van der Waals surface area contributed by atoms with E-state index in [1.54, 1.807) is 6.20 Å². The van der Waals surface area contributed by atoms with Crippen LogP contribution < -0.4 is 5.32 Å². The first-order valence-electron chi connectivity index (χ1n) is 5.03. The average Bonchev–Trinajstić information content (AvgIpc) is 2.25. The van der Waals surface area contributed by atoms with Crippen LogP contribution in [0.25, 0.3) is 10.9 Å². The minimum absolute atomic E-state index is 0.392. The lowest BCUT2D eigenvalue weighted by atomic mass is 9.88. The maximum Gasteiger partial charge on any atom is 0.162 e. The van der Waals surface area contributed by atoms with Crippen LogP contribution in [-0.2, 0) is 5.67 Å². The van der Waals surface area contributed by atoms with E-state index < -0.39 is 5.67 Å². The third-order valence-corrected chi connectivity index (χ3v) is 2.93. The van der Waals surface area contributed by atoms with Crippen LogP contribution in [0.4, 0.5) is 4.39 Å². The highest BCUT2D eigenvalue weighted by Crippen LogP contribution is 2.33. The van der Waals surface area contributed by atoms with Gasteiger partial charge in [-0.15, -0.1) is 0 Å². The lowest BCUT2D eigenvalue weighted by Gasteiger charge is -2.35. The highest BCUT2D eigenvalue weighted by Gasteiger charge is 2.40. The molecule has 0 radical (unpaired) electrons. The van der Waals surface area contributed by atoms with Gasteiger partial charge in [-0.1, -0.05) is 24.3 Å². The zero-order valence-electron chi connectivity index (χ0n) is 8.20. The first kappa shape index (κ1) is 8.80. The van der Waals surface area contributed by atoms with Crippen molar-refractivity contribution in [1.82, 2.24) is 10.3 Å². The summed E-state index contributed by atoms with van der Waals surface area (Å²) in [4.78, 5) is 4.26. The molecule has 0 amide bonds.